The van der Waals surface area contributed by atoms with Gasteiger partial charge in [-0.2, -0.15) is 0 Å². The first-order valence-corrected chi connectivity index (χ1v) is 5.52. The Morgan fingerprint density at radius 1 is 1.62 bits per heavy atom. The number of H-pyrrole nitrogens is 1. The number of nitrogens with zero attached hydrogens (tertiary/aromatic N) is 3. The molecule has 0 aliphatic rings. The zero-order chi connectivity index (χ0) is 11.5. The highest BCUT2D eigenvalue weighted by molar-refractivity contribution is 7.71. The van der Waals surface area contributed by atoms with Gasteiger partial charge in [-0.25, -0.2) is 5.10 Å². The Balaban J connectivity index is 2.20. The second-order valence-electron chi connectivity index (χ2n) is 3.51. The maximum Gasteiger partial charge on any atom is 0.225 e. The van der Waals surface area contributed by atoms with Crippen LogP contribution in [0.4, 0.5) is 5.95 Å². The zero-order valence-corrected chi connectivity index (χ0v) is 10.1. The number of aromatic amines is 1. The number of hydrogen-bond acceptors (Lipinski definition) is 4. The molecule has 6 heteroatoms. The fourth-order valence-corrected chi connectivity index (χ4v) is 1.85. The van der Waals surface area contributed by atoms with E-state index in [1.165, 1.54) is 0 Å². The largest absolute Gasteiger partial charge is 0.467 e. The van der Waals surface area contributed by atoms with E-state index in [1.807, 2.05) is 35.6 Å². The quantitative estimate of drug-likeness (QED) is 0.829. The first kappa shape index (κ1) is 10.9. The lowest BCUT2D eigenvalue weighted by atomic mass is 10.4. The van der Waals surface area contributed by atoms with Crippen molar-refractivity contribution in [3.8, 4) is 0 Å². The number of nitrogens with one attached hydrogen (secondary N) is 1. The van der Waals surface area contributed by atoms with Crippen LogP contribution in [-0.4, -0.2) is 21.8 Å². The Hall–Kier alpha value is -1.56. The van der Waals surface area contributed by atoms with E-state index < -0.39 is 0 Å². The summed E-state index contributed by atoms with van der Waals surface area (Å²) in [5, 5.41) is 6.99. The summed E-state index contributed by atoms with van der Waals surface area (Å²) in [4.78, 5) is 1.99. The monoisotopic (exact) mass is 238 g/mol. The van der Waals surface area contributed by atoms with Gasteiger partial charge in [0.2, 0.25) is 5.95 Å². The summed E-state index contributed by atoms with van der Waals surface area (Å²) in [7, 11) is 1.96. The van der Waals surface area contributed by atoms with Gasteiger partial charge in [0.1, 0.15) is 5.76 Å². The highest BCUT2D eigenvalue weighted by atomic mass is 32.1. The summed E-state index contributed by atoms with van der Waals surface area (Å²) < 4.78 is 7.88. The topological polar surface area (TPSA) is 50.0 Å². The molecule has 0 spiro atoms. The van der Waals surface area contributed by atoms with Crippen molar-refractivity contribution in [2.75, 3.05) is 11.9 Å². The Labute approximate surface area is 98.7 Å². The molecule has 0 amide bonds. The lowest BCUT2D eigenvalue weighted by Crippen LogP contribution is -2.20. The van der Waals surface area contributed by atoms with Gasteiger partial charge in [-0.3, -0.25) is 4.57 Å². The third-order valence-corrected chi connectivity index (χ3v) is 2.68. The van der Waals surface area contributed by atoms with Crippen LogP contribution in [0.1, 0.15) is 12.7 Å². The molecule has 5 nitrogen and oxygen atoms in total. The molecular weight excluding hydrogens is 224 g/mol. The average molecular weight is 238 g/mol. The van der Waals surface area contributed by atoms with Crippen molar-refractivity contribution in [1.29, 1.82) is 0 Å². The van der Waals surface area contributed by atoms with Gasteiger partial charge in [0.15, 0.2) is 4.77 Å². The van der Waals surface area contributed by atoms with Crippen LogP contribution in [-0.2, 0) is 13.1 Å². The molecule has 2 heterocycles. The van der Waals surface area contributed by atoms with Crippen molar-refractivity contribution in [1.82, 2.24) is 14.8 Å². The van der Waals surface area contributed by atoms with E-state index in [4.69, 9.17) is 16.6 Å². The number of furan rings is 1. The Bertz CT molecular complexity index is 499. The standard InChI is InChI=1S/C10H14N4OS/c1-3-14-9(11-12-10(14)16)13(2)7-8-5-4-6-15-8/h4-6H,3,7H2,1-2H3,(H,12,16). The maximum absolute atomic E-state index is 5.29. The molecule has 2 aromatic rings. The van der Waals surface area contributed by atoms with Gasteiger partial charge in [0.25, 0.3) is 0 Å². The minimum Gasteiger partial charge on any atom is -0.467 e. The van der Waals surface area contributed by atoms with Gasteiger partial charge in [-0.1, -0.05) is 0 Å². The molecule has 0 fully saturated rings. The van der Waals surface area contributed by atoms with Gasteiger partial charge in [0, 0.05) is 13.6 Å². The highest BCUT2D eigenvalue weighted by Gasteiger charge is 2.11. The minimum absolute atomic E-state index is 0.642. The fraction of sp³-hybridized carbons (Fsp3) is 0.400. The van der Waals surface area contributed by atoms with Crippen LogP contribution in [0.15, 0.2) is 22.8 Å². The number of rotatable bonds is 4. The van der Waals surface area contributed by atoms with Crippen molar-refractivity contribution < 1.29 is 4.42 Å². The van der Waals surface area contributed by atoms with Crippen LogP contribution in [0.2, 0.25) is 0 Å². The van der Waals surface area contributed by atoms with E-state index in [1.54, 1.807) is 6.26 Å². The van der Waals surface area contributed by atoms with Gasteiger partial charge in [-0.15, -0.1) is 5.10 Å². The molecule has 0 aliphatic heterocycles. The van der Waals surface area contributed by atoms with Crippen LogP contribution in [0.5, 0.6) is 0 Å². The van der Waals surface area contributed by atoms with Crippen LogP contribution in [0.25, 0.3) is 0 Å². The van der Waals surface area contributed by atoms with Crippen LogP contribution in [0, 0.1) is 4.77 Å². The molecule has 2 rings (SSSR count). The molecule has 16 heavy (non-hydrogen) atoms. The predicted molar refractivity (Wildman–Crippen MR) is 63.9 cm³/mol. The average Bonchev–Trinajstić information content (AvgIpc) is 2.87. The molecule has 0 radical (unpaired) electrons. The normalized spacial score (nSPS) is 10.6. The number of hydrogen-bond donors (Lipinski definition) is 1. The molecule has 0 atom stereocenters. The Kier molecular flexibility index (Phi) is 3.09. The van der Waals surface area contributed by atoms with Crippen LogP contribution >= 0.6 is 12.2 Å². The molecule has 86 valence electrons. The zero-order valence-electron chi connectivity index (χ0n) is 9.30. The first-order chi connectivity index (χ1) is 7.72. The highest BCUT2D eigenvalue weighted by Crippen LogP contribution is 2.13. The van der Waals surface area contributed by atoms with E-state index in [0.717, 1.165) is 18.3 Å². The first-order valence-electron chi connectivity index (χ1n) is 5.11. The summed E-state index contributed by atoms with van der Waals surface area (Å²) in [5.41, 5.74) is 0. The van der Waals surface area contributed by atoms with Crippen molar-refractivity contribution in [3.05, 3.63) is 28.9 Å². The lowest BCUT2D eigenvalue weighted by molar-refractivity contribution is 0.504. The SMILES string of the molecule is CCn1c(N(C)Cc2ccco2)n[nH]c1=S. The van der Waals surface area contributed by atoms with E-state index in [2.05, 4.69) is 10.2 Å². The Morgan fingerprint density at radius 3 is 3.06 bits per heavy atom. The number of anilines is 1. The molecular formula is C10H14N4OS. The van der Waals surface area contributed by atoms with Crippen molar-refractivity contribution in [3.63, 3.8) is 0 Å². The maximum atomic E-state index is 5.29. The minimum atomic E-state index is 0.642. The van der Waals surface area contributed by atoms with Gasteiger partial charge in [-0.05, 0) is 31.3 Å². The van der Waals surface area contributed by atoms with E-state index in [0.29, 0.717) is 11.3 Å². The molecule has 0 saturated heterocycles. The molecule has 0 aliphatic carbocycles. The van der Waals surface area contributed by atoms with Crippen molar-refractivity contribution >= 4 is 18.2 Å². The molecule has 0 aromatic carbocycles. The molecule has 0 saturated carbocycles. The van der Waals surface area contributed by atoms with Crippen LogP contribution < -0.4 is 4.90 Å². The molecule has 0 unspecified atom stereocenters. The summed E-state index contributed by atoms with van der Waals surface area (Å²) >= 11 is 5.13. The van der Waals surface area contributed by atoms with Crippen LogP contribution in [0.3, 0.4) is 0 Å². The third kappa shape index (κ3) is 2.01. The van der Waals surface area contributed by atoms with Crippen molar-refractivity contribution in [2.45, 2.75) is 20.0 Å². The van der Waals surface area contributed by atoms with Crippen molar-refractivity contribution in [2.24, 2.45) is 0 Å². The fourth-order valence-electron chi connectivity index (χ4n) is 1.59. The summed E-state index contributed by atoms with van der Waals surface area (Å²) in [5.74, 6) is 1.72. The molecule has 2 aromatic heterocycles. The van der Waals surface area contributed by atoms with Gasteiger partial charge in [0.05, 0.1) is 12.8 Å². The third-order valence-electron chi connectivity index (χ3n) is 2.37. The van der Waals surface area contributed by atoms with Gasteiger partial charge < -0.3 is 9.32 Å². The Morgan fingerprint density at radius 2 is 2.44 bits per heavy atom. The van der Waals surface area contributed by atoms with Gasteiger partial charge >= 0.3 is 0 Å². The van der Waals surface area contributed by atoms with E-state index in [-0.39, 0.29) is 0 Å². The summed E-state index contributed by atoms with van der Waals surface area (Å²) in [6.07, 6.45) is 1.67. The summed E-state index contributed by atoms with van der Waals surface area (Å²) in [6.45, 7) is 3.51. The smallest absolute Gasteiger partial charge is 0.225 e. The number of aromatic nitrogens is 3. The second-order valence-corrected chi connectivity index (χ2v) is 3.90. The second kappa shape index (κ2) is 4.52. The molecule has 0 bridgehead atoms. The summed E-state index contributed by atoms with van der Waals surface area (Å²) in [6, 6.07) is 3.81. The molecule has 1 N–H and O–H groups in total. The van der Waals surface area contributed by atoms with E-state index in [9.17, 15) is 0 Å². The lowest BCUT2D eigenvalue weighted by Gasteiger charge is -2.16. The van der Waals surface area contributed by atoms with E-state index >= 15 is 0 Å². The predicted octanol–water partition coefficient (Wildman–Crippen LogP) is 2.19.